The van der Waals surface area contributed by atoms with E-state index in [0.29, 0.717) is 12.1 Å². The molecule has 1 aliphatic heterocycles. The lowest BCUT2D eigenvalue weighted by atomic mass is 10.1. The average Bonchev–Trinajstić information content (AvgIpc) is 2.29. The minimum absolute atomic E-state index is 0.00671. The number of pyridine rings is 1. The van der Waals surface area contributed by atoms with Gasteiger partial charge < -0.3 is 15.2 Å². The van der Waals surface area contributed by atoms with Crippen LogP contribution in [0.3, 0.4) is 0 Å². The van der Waals surface area contributed by atoms with Crippen LogP contribution >= 0.6 is 0 Å². The second kappa shape index (κ2) is 4.71. The van der Waals surface area contributed by atoms with Gasteiger partial charge in [0.25, 0.3) is 5.91 Å². The standard InChI is InChI=1S/C12H17N3O2/c1-8-5-11(16)14-7-10(8)12(17)15-4-3-13-6-9(15)2/h5,7,9,13H,3-4,6H2,1-2H3,(H,14,16)/t9-/m0/s1. The van der Waals surface area contributed by atoms with Gasteiger partial charge in [0.1, 0.15) is 0 Å². The Balaban J connectivity index is 2.27. The van der Waals surface area contributed by atoms with Gasteiger partial charge in [-0.05, 0) is 19.4 Å². The molecule has 1 aliphatic rings. The van der Waals surface area contributed by atoms with Crippen molar-refractivity contribution in [3.8, 4) is 0 Å². The summed E-state index contributed by atoms with van der Waals surface area (Å²) in [5, 5.41) is 3.24. The molecule has 2 heterocycles. The number of carbonyl (C=O) groups is 1. The van der Waals surface area contributed by atoms with Gasteiger partial charge in [-0.25, -0.2) is 0 Å². The van der Waals surface area contributed by atoms with Crippen molar-refractivity contribution in [2.75, 3.05) is 19.6 Å². The summed E-state index contributed by atoms with van der Waals surface area (Å²) in [6, 6.07) is 1.64. The number of H-pyrrole nitrogens is 1. The van der Waals surface area contributed by atoms with Crippen LogP contribution in [0.4, 0.5) is 0 Å². The number of hydrogen-bond donors (Lipinski definition) is 2. The van der Waals surface area contributed by atoms with Gasteiger partial charge in [-0.3, -0.25) is 9.59 Å². The fourth-order valence-corrected chi connectivity index (χ4v) is 2.10. The Morgan fingerprint density at radius 2 is 2.29 bits per heavy atom. The van der Waals surface area contributed by atoms with Crippen LogP contribution in [-0.2, 0) is 0 Å². The molecule has 1 saturated heterocycles. The second-order valence-electron chi connectivity index (χ2n) is 4.45. The Bertz CT molecular complexity index is 481. The lowest BCUT2D eigenvalue weighted by Gasteiger charge is -2.34. The van der Waals surface area contributed by atoms with Gasteiger partial charge in [-0.2, -0.15) is 0 Å². The summed E-state index contributed by atoms with van der Waals surface area (Å²) in [4.78, 5) is 27.8. The fourth-order valence-electron chi connectivity index (χ4n) is 2.10. The zero-order valence-corrected chi connectivity index (χ0v) is 10.1. The lowest BCUT2D eigenvalue weighted by Crippen LogP contribution is -2.52. The molecule has 1 amide bonds. The van der Waals surface area contributed by atoms with Crippen molar-refractivity contribution in [1.82, 2.24) is 15.2 Å². The molecule has 0 radical (unpaired) electrons. The second-order valence-corrected chi connectivity index (χ2v) is 4.45. The van der Waals surface area contributed by atoms with Gasteiger partial charge in [-0.1, -0.05) is 0 Å². The number of rotatable bonds is 1. The maximum Gasteiger partial charge on any atom is 0.255 e. The van der Waals surface area contributed by atoms with Crippen LogP contribution in [-0.4, -0.2) is 41.5 Å². The number of carbonyl (C=O) groups excluding carboxylic acids is 1. The van der Waals surface area contributed by atoms with E-state index in [1.165, 1.54) is 12.3 Å². The van der Waals surface area contributed by atoms with Crippen molar-refractivity contribution in [1.29, 1.82) is 0 Å². The van der Waals surface area contributed by atoms with E-state index in [0.717, 1.165) is 18.7 Å². The molecule has 0 spiro atoms. The highest BCUT2D eigenvalue weighted by Crippen LogP contribution is 2.11. The highest BCUT2D eigenvalue weighted by atomic mass is 16.2. The maximum atomic E-state index is 12.3. The normalized spacial score (nSPS) is 20.4. The fraction of sp³-hybridized carbons (Fsp3) is 0.500. The molecule has 5 heteroatoms. The monoisotopic (exact) mass is 235 g/mol. The summed E-state index contributed by atoms with van der Waals surface area (Å²) in [6.07, 6.45) is 1.51. The molecule has 0 saturated carbocycles. The SMILES string of the molecule is Cc1cc(=O)[nH]cc1C(=O)N1CCNC[C@@H]1C. The van der Waals surface area contributed by atoms with Crippen molar-refractivity contribution in [2.24, 2.45) is 0 Å². The lowest BCUT2D eigenvalue weighted by molar-refractivity contribution is 0.0654. The molecule has 0 bridgehead atoms. The minimum atomic E-state index is -0.174. The Morgan fingerprint density at radius 3 is 2.94 bits per heavy atom. The van der Waals surface area contributed by atoms with Crippen LogP contribution in [0.15, 0.2) is 17.1 Å². The van der Waals surface area contributed by atoms with Crippen LogP contribution < -0.4 is 10.9 Å². The molecule has 2 N–H and O–H groups in total. The predicted octanol–water partition coefficient (Wildman–Crippen LogP) is 0.117. The summed E-state index contributed by atoms with van der Waals surface area (Å²) in [6.45, 7) is 6.14. The smallest absolute Gasteiger partial charge is 0.255 e. The summed E-state index contributed by atoms with van der Waals surface area (Å²) >= 11 is 0. The summed E-state index contributed by atoms with van der Waals surface area (Å²) in [5.41, 5.74) is 1.13. The highest BCUT2D eigenvalue weighted by molar-refractivity contribution is 5.95. The van der Waals surface area contributed by atoms with Gasteiger partial charge in [0.2, 0.25) is 5.56 Å². The third-order valence-electron chi connectivity index (χ3n) is 3.12. The summed E-state index contributed by atoms with van der Waals surface area (Å²) in [5.74, 6) is -0.00671. The van der Waals surface area contributed by atoms with E-state index in [9.17, 15) is 9.59 Å². The van der Waals surface area contributed by atoms with E-state index >= 15 is 0 Å². The molecule has 5 nitrogen and oxygen atoms in total. The average molecular weight is 235 g/mol. The zero-order valence-electron chi connectivity index (χ0n) is 10.1. The third-order valence-corrected chi connectivity index (χ3v) is 3.12. The van der Waals surface area contributed by atoms with Crippen LogP contribution in [0.5, 0.6) is 0 Å². The molecule has 1 atom stereocenters. The van der Waals surface area contributed by atoms with Gasteiger partial charge >= 0.3 is 0 Å². The van der Waals surface area contributed by atoms with Crippen molar-refractivity contribution in [3.63, 3.8) is 0 Å². The first kappa shape index (κ1) is 11.9. The molecule has 1 fully saturated rings. The number of nitrogens with one attached hydrogen (secondary N) is 2. The molecule has 0 aromatic carbocycles. The van der Waals surface area contributed by atoms with Crippen molar-refractivity contribution in [3.05, 3.63) is 33.7 Å². The molecular formula is C12H17N3O2. The number of aryl methyl sites for hydroxylation is 1. The van der Waals surface area contributed by atoms with Crippen molar-refractivity contribution >= 4 is 5.91 Å². The Morgan fingerprint density at radius 1 is 1.53 bits per heavy atom. The summed E-state index contributed by atoms with van der Waals surface area (Å²) < 4.78 is 0. The third kappa shape index (κ3) is 2.39. The van der Waals surface area contributed by atoms with Crippen molar-refractivity contribution in [2.45, 2.75) is 19.9 Å². The molecule has 0 unspecified atom stereocenters. The first-order chi connectivity index (χ1) is 8.09. The predicted molar refractivity (Wildman–Crippen MR) is 65.2 cm³/mol. The van der Waals surface area contributed by atoms with Gasteiger partial charge in [0.15, 0.2) is 0 Å². The Hall–Kier alpha value is -1.62. The van der Waals surface area contributed by atoms with E-state index in [1.807, 2.05) is 11.8 Å². The molecular weight excluding hydrogens is 218 g/mol. The number of nitrogens with zero attached hydrogens (tertiary/aromatic N) is 1. The number of amides is 1. The van der Waals surface area contributed by atoms with E-state index in [1.54, 1.807) is 6.92 Å². The van der Waals surface area contributed by atoms with Gasteiger partial charge in [0.05, 0.1) is 5.56 Å². The van der Waals surface area contributed by atoms with Crippen molar-refractivity contribution < 1.29 is 4.79 Å². The van der Waals surface area contributed by atoms with Crippen LogP contribution in [0.25, 0.3) is 0 Å². The zero-order chi connectivity index (χ0) is 12.4. The largest absolute Gasteiger partial charge is 0.333 e. The van der Waals surface area contributed by atoms with Crippen LogP contribution in [0, 0.1) is 6.92 Å². The first-order valence-corrected chi connectivity index (χ1v) is 5.80. The molecule has 2 rings (SSSR count). The van der Waals surface area contributed by atoms with Gasteiger partial charge in [0, 0.05) is 37.9 Å². The Labute approximate surface area is 99.8 Å². The Kier molecular flexibility index (Phi) is 3.28. The van der Waals surface area contributed by atoms with Crippen LogP contribution in [0.2, 0.25) is 0 Å². The van der Waals surface area contributed by atoms with E-state index in [2.05, 4.69) is 10.3 Å². The highest BCUT2D eigenvalue weighted by Gasteiger charge is 2.24. The molecule has 1 aromatic heterocycles. The minimum Gasteiger partial charge on any atom is -0.333 e. The first-order valence-electron chi connectivity index (χ1n) is 5.80. The summed E-state index contributed by atoms with van der Waals surface area (Å²) in [7, 11) is 0. The van der Waals surface area contributed by atoms with E-state index < -0.39 is 0 Å². The van der Waals surface area contributed by atoms with E-state index in [4.69, 9.17) is 0 Å². The quantitative estimate of drug-likeness (QED) is 0.726. The number of aromatic nitrogens is 1. The molecule has 1 aromatic rings. The van der Waals surface area contributed by atoms with Crippen LogP contribution in [0.1, 0.15) is 22.8 Å². The molecule has 17 heavy (non-hydrogen) atoms. The van der Waals surface area contributed by atoms with Gasteiger partial charge in [-0.15, -0.1) is 0 Å². The number of hydrogen-bond acceptors (Lipinski definition) is 3. The number of aromatic amines is 1. The maximum absolute atomic E-state index is 12.3. The molecule has 0 aliphatic carbocycles. The number of piperazine rings is 1. The molecule has 92 valence electrons. The van der Waals surface area contributed by atoms with E-state index in [-0.39, 0.29) is 17.5 Å². The topological polar surface area (TPSA) is 65.2 Å².